The van der Waals surface area contributed by atoms with Crippen LogP contribution in [0.2, 0.25) is 0 Å². The van der Waals surface area contributed by atoms with Gasteiger partial charge in [-0.05, 0) is 36.8 Å². The van der Waals surface area contributed by atoms with Gasteiger partial charge in [-0.2, -0.15) is 13.2 Å². The molecular formula is C18H16F3N5. The van der Waals surface area contributed by atoms with Crippen LogP contribution in [-0.2, 0) is 6.18 Å². The molecule has 0 atom stereocenters. The number of nitrogens with two attached hydrogens (primary N) is 1. The van der Waals surface area contributed by atoms with Gasteiger partial charge in [0.2, 0.25) is 0 Å². The lowest BCUT2D eigenvalue weighted by Crippen LogP contribution is -2.10. The number of alkyl halides is 3. The van der Waals surface area contributed by atoms with E-state index in [0.717, 1.165) is 17.3 Å². The fourth-order valence-electron chi connectivity index (χ4n) is 2.42. The quantitative estimate of drug-likeness (QED) is 0.619. The van der Waals surface area contributed by atoms with Crippen LogP contribution in [0.1, 0.15) is 11.1 Å². The minimum atomic E-state index is -4.49. The first kappa shape index (κ1) is 17.5. The van der Waals surface area contributed by atoms with E-state index in [1.54, 1.807) is 0 Å². The molecule has 2 aromatic carbocycles. The van der Waals surface area contributed by atoms with Crippen molar-refractivity contribution >= 4 is 28.7 Å². The minimum absolute atomic E-state index is 0.0897. The van der Waals surface area contributed by atoms with Gasteiger partial charge in [0.05, 0.1) is 11.3 Å². The number of nitrogens with zero attached hydrogens (tertiary/aromatic N) is 2. The number of anilines is 5. The van der Waals surface area contributed by atoms with E-state index in [-0.39, 0.29) is 17.2 Å². The highest BCUT2D eigenvalue weighted by molar-refractivity contribution is 5.80. The molecule has 0 saturated carbocycles. The maximum atomic E-state index is 13.1. The van der Waals surface area contributed by atoms with Crippen molar-refractivity contribution < 1.29 is 13.2 Å². The fraction of sp³-hybridized carbons (Fsp3) is 0.111. The number of halogens is 3. The van der Waals surface area contributed by atoms with Gasteiger partial charge in [-0.25, -0.2) is 9.97 Å². The second kappa shape index (κ2) is 6.91. The predicted octanol–water partition coefficient (Wildman–Crippen LogP) is 4.87. The molecule has 26 heavy (non-hydrogen) atoms. The van der Waals surface area contributed by atoms with Gasteiger partial charge < -0.3 is 16.4 Å². The number of para-hydroxylation sites is 1. The highest BCUT2D eigenvalue weighted by Gasteiger charge is 2.33. The number of hydrogen-bond acceptors (Lipinski definition) is 5. The first-order valence-corrected chi connectivity index (χ1v) is 7.72. The van der Waals surface area contributed by atoms with E-state index >= 15 is 0 Å². The van der Waals surface area contributed by atoms with Gasteiger partial charge >= 0.3 is 6.18 Å². The number of benzene rings is 2. The van der Waals surface area contributed by atoms with Crippen molar-refractivity contribution in [3.63, 3.8) is 0 Å². The van der Waals surface area contributed by atoms with Gasteiger partial charge in [0.1, 0.15) is 12.0 Å². The molecule has 0 bridgehead atoms. The van der Waals surface area contributed by atoms with Crippen molar-refractivity contribution in [1.82, 2.24) is 9.97 Å². The summed E-state index contributed by atoms with van der Waals surface area (Å²) in [7, 11) is 0. The summed E-state index contributed by atoms with van der Waals surface area (Å²) in [6, 6.07) is 12.7. The third-order valence-electron chi connectivity index (χ3n) is 3.65. The smallest absolute Gasteiger partial charge is 0.393 e. The van der Waals surface area contributed by atoms with Gasteiger partial charge in [0.15, 0.2) is 11.6 Å². The van der Waals surface area contributed by atoms with E-state index in [1.807, 2.05) is 31.2 Å². The normalized spacial score (nSPS) is 11.2. The molecule has 0 saturated heterocycles. The molecule has 0 radical (unpaired) electrons. The summed E-state index contributed by atoms with van der Waals surface area (Å²) in [4.78, 5) is 8.03. The van der Waals surface area contributed by atoms with Gasteiger partial charge in [-0.1, -0.05) is 24.3 Å². The topological polar surface area (TPSA) is 75.9 Å². The molecule has 0 spiro atoms. The third kappa shape index (κ3) is 3.85. The van der Waals surface area contributed by atoms with E-state index < -0.39 is 11.7 Å². The van der Waals surface area contributed by atoms with Crippen LogP contribution in [0.25, 0.3) is 0 Å². The Morgan fingerprint density at radius 3 is 2.31 bits per heavy atom. The Morgan fingerprint density at radius 2 is 1.62 bits per heavy atom. The highest BCUT2D eigenvalue weighted by atomic mass is 19.4. The average Bonchev–Trinajstić information content (AvgIpc) is 2.58. The summed E-state index contributed by atoms with van der Waals surface area (Å²) >= 11 is 0. The standard InChI is InChI=1S/C18H16F3N5/c1-11-5-4-6-12(9-11)25-16-15(22)17(24-10-23-16)26-14-8-3-2-7-13(14)18(19,20)21/h2-10H,22H2,1H3,(H2,23,24,25,26). The van der Waals surface area contributed by atoms with Crippen LogP contribution in [0, 0.1) is 6.92 Å². The molecule has 0 aliphatic heterocycles. The van der Waals surface area contributed by atoms with E-state index in [4.69, 9.17) is 5.73 Å². The molecule has 0 aliphatic carbocycles. The highest BCUT2D eigenvalue weighted by Crippen LogP contribution is 2.37. The van der Waals surface area contributed by atoms with Gasteiger partial charge in [-0.3, -0.25) is 0 Å². The average molecular weight is 359 g/mol. The summed E-state index contributed by atoms with van der Waals surface area (Å²) in [5, 5.41) is 5.69. The Kier molecular flexibility index (Phi) is 4.66. The van der Waals surface area contributed by atoms with Gasteiger partial charge in [0, 0.05) is 5.69 Å². The number of nitrogen functional groups attached to an aromatic ring is 1. The van der Waals surface area contributed by atoms with Crippen molar-refractivity contribution in [2.24, 2.45) is 0 Å². The molecule has 134 valence electrons. The third-order valence-corrected chi connectivity index (χ3v) is 3.65. The molecule has 4 N–H and O–H groups in total. The molecule has 3 aromatic rings. The Bertz CT molecular complexity index is 925. The van der Waals surface area contributed by atoms with Crippen molar-refractivity contribution in [2.75, 3.05) is 16.4 Å². The number of aryl methyl sites for hydroxylation is 1. The molecule has 0 fully saturated rings. The molecule has 1 aromatic heterocycles. The lowest BCUT2D eigenvalue weighted by Gasteiger charge is -2.16. The van der Waals surface area contributed by atoms with E-state index in [9.17, 15) is 13.2 Å². The van der Waals surface area contributed by atoms with Crippen LogP contribution in [0.15, 0.2) is 54.9 Å². The van der Waals surface area contributed by atoms with E-state index in [0.29, 0.717) is 5.82 Å². The molecular weight excluding hydrogens is 343 g/mol. The predicted molar refractivity (Wildman–Crippen MR) is 95.6 cm³/mol. The summed E-state index contributed by atoms with van der Waals surface area (Å²) in [5.74, 6) is 0.393. The molecule has 8 heteroatoms. The van der Waals surface area contributed by atoms with E-state index in [2.05, 4.69) is 20.6 Å². The Hall–Kier alpha value is -3.29. The summed E-state index contributed by atoms with van der Waals surface area (Å²) in [5.41, 5.74) is 7.03. The zero-order chi connectivity index (χ0) is 18.7. The zero-order valence-electron chi connectivity index (χ0n) is 13.8. The Morgan fingerprint density at radius 1 is 0.923 bits per heavy atom. The number of nitrogens with one attached hydrogen (secondary N) is 2. The monoisotopic (exact) mass is 359 g/mol. The first-order valence-electron chi connectivity index (χ1n) is 7.72. The van der Waals surface area contributed by atoms with Crippen LogP contribution in [-0.4, -0.2) is 9.97 Å². The van der Waals surface area contributed by atoms with E-state index in [1.165, 1.54) is 24.5 Å². The zero-order valence-corrected chi connectivity index (χ0v) is 13.8. The molecule has 5 nitrogen and oxygen atoms in total. The SMILES string of the molecule is Cc1cccc(Nc2ncnc(Nc3ccccc3C(F)(F)F)c2N)c1. The van der Waals surface area contributed by atoms with Crippen LogP contribution < -0.4 is 16.4 Å². The number of rotatable bonds is 4. The summed E-state index contributed by atoms with van der Waals surface area (Å²) in [6.07, 6.45) is -3.26. The molecule has 3 rings (SSSR count). The van der Waals surface area contributed by atoms with Crippen molar-refractivity contribution in [1.29, 1.82) is 0 Å². The van der Waals surface area contributed by atoms with Crippen LogP contribution >= 0.6 is 0 Å². The summed E-state index contributed by atoms with van der Waals surface area (Å²) in [6.45, 7) is 1.94. The second-order valence-electron chi connectivity index (χ2n) is 5.65. The van der Waals surface area contributed by atoms with Gasteiger partial charge in [0.25, 0.3) is 0 Å². The van der Waals surface area contributed by atoms with Gasteiger partial charge in [-0.15, -0.1) is 0 Å². The lowest BCUT2D eigenvalue weighted by atomic mass is 10.1. The molecule has 0 aliphatic rings. The summed E-state index contributed by atoms with van der Waals surface area (Å²) < 4.78 is 39.4. The van der Waals surface area contributed by atoms with Crippen molar-refractivity contribution in [2.45, 2.75) is 13.1 Å². The lowest BCUT2D eigenvalue weighted by molar-refractivity contribution is -0.136. The first-order chi connectivity index (χ1) is 12.3. The minimum Gasteiger partial charge on any atom is -0.393 e. The van der Waals surface area contributed by atoms with Crippen molar-refractivity contribution in [3.8, 4) is 0 Å². The largest absolute Gasteiger partial charge is 0.418 e. The van der Waals surface area contributed by atoms with Crippen LogP contribution in [0.4, 0.5) is 41.9 Å². The molecule has 1 heterocycles. The number of hydrogen-bond donors (Lipinski definition) is 3. The Labute approximate surface area is 148 Å². The van der Waals surface area contributed by atoms with Crippen molar-refractivity contribution in [3.05, 3.63) is 66.0 Å². The van der Waals surface area contributed by atoms with Crippen LogP contribution in [0.3, 0.4) is 0 Å². The molecule has 0 unspecified atom stereocenters. The number of aromatic nitrogens is 2. The second-order valence-corrected chi connectivity index (χ2v) is 5.65. The van der Waals surface area contributed by atoms with Crippen LogP contribution in [0.5, 0.6) is 0 Å². The maximum Gasteiger partial charge on any atom is 0.418 e. The fourth-order valence-corrected chi connectivity index (χ4v) is 2.42. The molecule has 0 amide bonds. The maximum absolute atomic E-state index is 13.1. The Balaban J connectivity index is 1.91.